The van der Waals surface area contributed by atoms with Crippen LogP contribution in [0.1, 0.15) is 18.9 Å². The van der Waals surface area contributed by atoms with E-state index in [0.29, 0.717) is 6.42 Å². The molecule has 0 saturated carbocycles. The quantitative estimate of drug-likeness (QED) is 0.703. The summed E-state index contributed by atoms with van der Waals surface area (Å²) in [6, 6.07) is 12.2. The second-order valence-corrected chi connectivity index (χ2v) is 6.48. The van der Waals surface area contributed by atoms with E-state index in [-0.39, 0.29) is 11.7 Å². The molecule has 24 heavy (non-hydrogen) atoms. The van der Waals surface area contributed by atoms with Crippen molar-refractivity contribution in [3.05, 3.63) is 60.0 Å². The molecule has 3 rings (SSSR count). The number of thiophene rings is 1. The van der Waals surface area contributed by atoms with Crippen molar-refractivity contribution < 1.29 is 9.18 Å². The van der Waals surface area contributed by atoms with Gasteiger partial charge in [-0.25, -0.2) is 4.39 Å². The Kier molecular flexibility index (Phi) is 4.71. The number of aromatic nitrogens is 1. The van der Waals surface area contributed by atoms with Crippen molar-refractivity contribution in [2.24, 2.45) is 0 Å². The summed E-state index contributed by atoms with van der Waals surface area (Å²) in [6.45, 7) is 3.81. The number of benzene rings is 1. The van der Waals surface area contributed by atoms with Gasteiger partial charge in [-0.15, -0.1) is 11.3 Å². The van der Waals surface area contributed by atoms with E-state index < -0.39 is 0 Å². The molecular formula is C19H17FN2OS. The molecule has 2 heterocycles. The minimum atomic E-state index is -0.274. The number of carbonyl (C=O) groups is 1. The lowest BCUT2D eigenvalue weighted by atomic mass is 10.0. The lowest BCUT2D eigenvalue weighted by Crippen LogP contribution is -2.07. The molecule has 2 aromatic heterocycles. The first-order chi connectivity index (χ1) is 11.6. The number of rotatable bonds is 4. The Labute approximate surface area is 144 Å². The van der Waals surface area contributed by atoms with Crippen LogP contribution in [0.3, 0.4) is 0 Å². The molecule has 0 unspecified atom stereocenters. The Morgan fingerprint density at radius 2 is 2.00 bits per heavy atom. The number of nitrogens with one attached hydrogen (secondary N) is 1. The molecule has 3 nitrogen and oxygen atoms in total. The van der Waals surface area contributed by atoms with E-state index in [1.807, 2.05) is 32.0 Å². The molecule has 1 amide bonds. The first kappa shape index (κ1) is 16.3. The number of halogens is 1. The molecule has 0 fully saturated rings. The smallest absolute Gasteiger partial charge is 0.224 e. The van der Waals surface area contributed by atoms with Gasteiger partial charge in [-0.3, -0.25) is 9.78 Å². The highest BCUT2D eigenvalue weighted by atomic mass is 32.1. The predicted molar refractivity (Wildman–Crippen MR) is 96.6 cm³/mol. The maximum atomic E-state index is 13.2. The molecule has 122 valence electrons. The van der Waals surface area contributed by atoms with E-state index in [9.17, 15) is 9.18 Å². The van der Waals surface area contributed by atoms with Crippen molar-refractivity contribution in [3.63, 3.8) is 0 Å². The minimum absolute atomic E-state index is 0.0359. The number of hydrogen-bond donors (Lipinski definition) is 1. The number of carbonyl (C=O) groups excluding carboxylic acids is 1. The maximum absolute atomic E-state index is 13.2. The van der Waals surface area contributed by atoms with Crippen LogP contribution in [0.2, 0.25) is 0 Å². The van der Waals surface area contributed by atoms with Crippen LogP contribution in [0.5, 0.6) is 0 Å². The van der Waals surface area contributed by atoms with E-state index >= 15 is 0 Å². The summed E-state index contributed by atoms with van der Waals surface area (Å²) in [4.78, 5) is 17.2. The van der Waals surface area contributed by atoms with Crippen LogP contribution in [0.4, 0.5) is 9.39 Å². The average molecular weight is 340 g/mol. The summed E-state index contributed by atoms with van der Waals surface area (Å²) < 4.78 is 13.2. The summed E-state index contributed by atoms with van der Waals surface area (Å²) in [7, 11) is 0. The Morgan fingerprint density at radius 1 is 1.25 bits per heavy atom. The van der Waals surface area contributed by atoms with Crippen LogP contribution < -0.4 is 5.32 Å². The fourth-order valence-electron chi connectivity index (χ4n) is 2.42. The number of amides is 1. The fraction of sp³-hybridized carbons (Fsp3) is 0.158. The summed E-state index contributed by atoms with van der Waals surface area (Å²) in [5.74, 6) is -0.310. The molecule has 0 saturated heterocycles. The van der Waals surface area contributed by atoms with Gasteiger partial charge in [0, 0.05) is 18.2 Å². The Balaban J connectivity index is 2.13. The van der Waals surface area contributed by atoms with Crippen molar-refractivity contribution in [1.29, 1.82) is 0 Å². The van der Waals surface area contributed by atoms with Crippen molar-refractivity contribution in [2.45, 2.75) is 20.3 Å². The minimum Gasteiger partial charge on any atom is -0.318 e. The lowest BCUT2D eigenvalue weighted by molar-refractivity contribution is -0.115. The van der Waals surface area contributed by atoms with Crippen LogP contribution >= 0.6 is 11.3 Å². The van der Waals surface area contributed by atoms with Crippen LogP contribution in [0.15, 0.2) is 48.7 Å². The van der Waals surface area contributed by atoms with Crippen molar-refractivity contribution in [2.75, 3.05) is 5.32 Å². The maximum Gasteiger partial charge on any atom is 0.224 e. The number of pyridine rings is 1. The Hall–Kier alpha value is -2.53. The molecule has 0 aliphatic rings. The predicted octanol–water partition coefficient (Wildman–Crippen LogP) is 5.27. The van der Waals surface area contributed by atoms with Crippen LogP contribution in [-0.2, 0) is 4.79 Å². The Morgan fingerprint density at radius 3 is 2.67 bits per heavy atom. The summed E-state index contributed by atoms with van der Waals surface area (Å²) in [5.41, 5.74) is 3.76. The normalized spacial score (nSPS) is 10.6. The molecule has 0 bridgehead atoms. The average Bonchev–Trinajstić information content (AvgIpc) is 2.99. The zero-order valence-electron chi connectivity index (χ0n) is 13.5. The van der Waals surface area contributed by atoms with Gasteiger partial charge in [-0.1, -0.05) is 25.1 Å². The Bertz CT molecular complexity index is 871. The van der Waals surface area contributed by atoms with Gasteiger partial charge in [0.2, 0.25) is 5.91 Å². The highest BCUT2D eigenvalue weighted by Crippen LogP contribution is 2.42. The number of hydrogen-bond acceptors (Lipinski definition) is 3. The zero-order chi connectivity index (χ0) is 17.1. The number of anilines is 1. The molecule has 0 atom stereocenters. The van der Waals surface area contributed by atoms with Crippen molar-refractivity contribution in [1.82, 2.24) is 4.98 Å². The molecular weight excluding hydrogens is 323 g/mol. The molecule has 5 heteroatoms. The van der Waals surface area contributed by atoms with E-state index in [4.69, 9.17) is 0 Å². The molecule has 3 aromatic rings. The zero-order valence-corrected chi connectivity index (χ0v) is 14.3. The molecule has 0 aliphatic carbocycles. The van der Waals surface area contributed by atoms with E-state index in [2.05, 4.69) is 10.3 Å². The van der Waals surface area contributed by atoms with Gasteiger partial charge in [0.05, 0.1) is 15.6 Å². The largest absolute Gasteiger partial charge is 0.318 e. The van der Waals surface area contributed by atoms with Gasteiger partial charge in [0.1, 0.15) is 5.82 Å². The summed E-state index contributed by atoms with van der Waals surface area (Å²) in [6.07, 6.45) is 2.17. The highest BCUT2D eigenvalue weighted by Gasteiger charge is 2.16. The van der Waals surface area contributed by atoms with Crippen LogP contribution in [0, 0.1) is 12.7 Å². The summed E-state index contributed by atoms with van der Waals surface area (Å²) >= 11 is 1.48. The van der Waals surface area contributed by atoms with Gasteiger partial charge < -0.3 is 5.32 Å². The molecule has 0 spiro atoms. The standard InChI is InChI=1S/C19H17FN2OS/c1-3-16(23)22-17-11-15(13-6-8-14(20)9-7-13)19(24-17)18-12(2)5-4-10-21-18/h4-11H,3H2,1-2H3,(H,22,23). The molecule has 0 aliphatic heterocycles. The van der Waals surface area contributed by atoms with Gasteiger partial charge >= 0.3 is 0 Å². The molecule has 1 N–H and O–H groups in total. The van der Waals surface area contributed by atoms with Gasteiger partial charge in [-0.2, -0.15) is 0 Å². The first-order valence-corrected chi connectivity index (χ1v) is 8.51. The highest BCUT2D eigenvalue weighted by molar-refractivity contribution is 7.20. The summed E-state index contributed by atoms with van der Waals surface area (Å²) in [5, 5.41) is 3.67. The van der Waals surface area contributed by atoms with Gasteiger partial charge in [0.25, 0.3) is 0 Å². The van der Waals surface area contributed by atoms with Crippen molar-refractivity contribution >= 4 is 22.2 Å². The van der Waals surface area contributed by atoms with E-state index in [1.54, 1.807) is 18.3 Å². The third-order valence-corrected chi connectivity index (χ3v) is 4.75. The molecule has 0 radical (unpaired) electrons. The topological polar surface area (TPSA) is 42.0 Å². The molecule has 1 aromatic carbocycles. The SMILES string of the molecule is CCC(=O)Nc1cc(-c2ccc(F)cc2)c(-c2ncccc2C)s1. The van der Waals surface area contributed by atoms with Gasteiger partial charge in [0.15, 0.2) is 0 Å². The monoisotopic (exact) mass is 340 g/mol. The van der Waals surface area contributed by atoms with E-state index in [0.717, 1.165) is 32.3 Å². The number of nitrogens with zero attached hydrogens (tertiary/aromatic N) is 1. The van der Waals surface area contributed by atoms with Crippen LogP contribution in [-0.4, -0.2) is 10.9 Å². The third-order valence-electron chi connectivity index (χ3n) is 3.70. The third kappa shape index (κ3) is 3.36. The van der Waals surface area contributed by atoms with Crippen LogP contribution in [0.25, 0.3) is 21.7 Å². The number of aryl methyl sites for hydroxylation is 1. The fourth-order valence-corrected chi connectivity index (χ4v) is 3.58. The van der Waals surface area contributed by atoms with Gasteiger partial charge in [-0.05, 0) is 42.3 Å². The second kappa shape index (κ2) is 6.93. The van der Waals surface area contributed by atoms with E-state index in [1.165, 1.54) is 23.5 Å². The second-order valence-electron chi connectivity index (χ2n) is 5.43. The first-order valence-electron chi connectivity index (χ1n) is 7.70. The van der Waals surface area contributed by atoms with Crippen molar-refractivity contribution in [3.8, 4) is 21.7 Å². The lowest BCUT2D eigenvalue weighted by Gasteiger charge is -2.06.